The monoisotopic (exact) mass is 354 g/mol. The van der Waals surface area contributed by atoms with Crippen molar-refractivity contribution in [3.8, 4) is 11.1 Å². The van der Waals surface area contributed by atoms with Crippen LogP contribution in [-0.2, 0) is 30.3 Å². The van der Waals surface area contributed by atoms with Crippen molar-refractivity contribution < 1.29 is 19.1 Å². The fourth-order valence-electron chi connectivity index (χ4n) is 2.96. The third-order valence-corrected chi connectivity index (χ3v) is 4.29. The highest BCUT2D eigenvalue weighted by molar-refractivity contribution is 5.68. The second-order valence-corrected chi connectivity index (χ2v) is 7.36. The van der Waals surface area contributed by atoms with Gasteiger partial charge < -0.3 is 9.47 Å². The van der Waals surface area contributed by atoms with Crippen molar-refractivity contribution in [2.45, 2.75) is 52.7 Å². The first-order chi connectivity index (χ1) is 12.0. The van der Waals surface area contributed by atoms with Crippen LogP contribution in [0.15, 0.2) is 48.5 Å². The van der Waals surface area contributed by atoms with Gasteiger partial charge in [0.2, 0.25) is 0 Å². The maximum Gasteiger partial charge on any atom is 0.303 e. The molecule has 0 heterocycles. The van der Waals surface area contributed by atoms with Crippen LogP contribution >= 0.6 is 0 Å². The number of carbonyl (C=O) groups is 2. The van der Waals surface area contributed by atoms with Crippen LogP contribution < -0.4 is 0 Å². The van der Waals surface area contributed by atoms with Gasteiger partial charge in [0.05, 0.1) is 0 Å². The average molecular weight is 354 g/mol. The first-order valence-corrected chi connectivity index (χ1v) is 8.62. The lowest BCUT2D eigenvalue weighted by Crippen LogP contribution is -2.24. The normalized spacial score (nSPS) is 11.8. The minimum absolute atomic E-state index is 0.301. The molecule has 0 atom stereocenters. The fraction of sp³-hybridized carbons (Fsp3) is 0.364. The van der Waals surface area contributed by atoms with E-state index < -0.39 is 11.2 Å². The third kappa shape index (κ3) is 4.72. The molecule has 4 nitrogen and oxygen atoms in total. The standard InChI is InChI=1S/C22H26O4/c1-15(23)25-21(3,4)19-11-7-17(8-12-19)18-9-13-20(14-10-18)22(5,6)26-16(2)24/h7-14H,1-6H3. The van der Waals surface area contributed by atoms with Crippen molar-refractivity contribution in [2.24, 2.45) is 0 Å². The number of rotatable bonds is 5. The Bertz CT molecular complexity index is 714. The Morgan fingerprint density at radius 2 is 0.885 bits per heavy atom. The predicted octanol–water partition coefficient (Wildman–Crippen LogP) is 4.95. The van der Waals surface area contributed by atoms with Crippen molar-refractivity contribution in [3.63, 3.8) is 0 Å². The van der Waals surface area contributed by atoms with Crippen molar-refractivity contribution in [2.75, 3.05) is 0 Å². The summed E-state index contributed by atoms with van der Waals surface area (Å²) in [5.41, 5.74) is 2.66. The molecular weight excluding hydrogens is 328 g/mol. The van der Waals surface area contributed by atoms with E-state index >= 15 is 0 Å². The smallest absolute Gasteiger partial charge is 0.303 e. The van der Waals surface area contributed by atoms with Gasteiger partial charge in [-0.1, -0.05) is 48.5 Å². The van der Waals surface area contributed by atoms with Crippen molar-refractivity contribution >= 4 is 11.9 Å². The number of hydrogen-bond acceptors (Lipinski definition) is 4. The summed E-state index contributed by atoms with van der Waals surface area (Å²) in [7, 11) is 0. The second kappa shape index (κ2) is 7.32. The lowest BCUT2D eigenvalue weighted by molar-refractivity contribution is -0.155. The molecule has 0 aliphatic carbocycles. The second-order valence-electron chi connectivity index (χ2n) is 7.36. The number of hydrogen-bond donors (Lipinski definition) is 0. The molecule has 0 aromatic heterocycles. The summed E-state index contributed by atoms with van der Waals surface area (Å²) in [5, 5.41) is 0. The minimum atomic E-state index is -0.664. The highest BCUT2D eigenvalue weighted by Gasteiger charge is 2.25. The van der Waals surface area contributed by atoms with Gasteiger partial charge in [0.15, 0.2) is 0 Å². The van der Waals surface area contributed by atoms with Crippen LogP contribution in [0.25, 0.3) is 11.1 Å². The van der Waals surface area contributed by atoms with Gasteiger partial charge in [-0.2, -0.15) is 0 Å². The van der Waals surface area contributed by atoms with Gasteiger partial charge in [-0.05, 0) is 49.9 Å². The SMILES string of the molecule is CC(=O)OC(C)(C)c1ccc(-c2ccc(C(C)(C)OC(C)=O)cc2)cc1. The molecule has 26 heavy (non-hydrogen) atoms. The van der Waals surface area contributed by atoms with E-state index in [9.17, 15) is 9.59 Å². The van der Waals surface area contributed by atoms with Crippen LogP contribution in [0.3, 0.4) is 0 Å². The van der Waals surface area contributed by atoms with Crippen molar-refractivity contribution in [3.05, 3.63) is 59.7 Å². The van der Waals surface area contributed by atoms with E-state index in [1.807, 2.05) is 76.2 Å². The zero-order valence-corrected chi connectivity index (χ0v) is 16.3. The Hall–Kier alpha value is -2.62. The molecule has 0 amide bonds. The molecular formula is C22H26O4. The molecule has 0 spiro atoms. The summed E-state index contributed by atoms with van der Waals surface area (Å²) >= 11 is 0. The number of carbonyl (C=O) groups excluding carboxylic acids is 2. The van der Waals surface area contributed by atoms with Gasteiger partial charge in [0, 0.05) is 13.8 Å². The number of esters is 2. The predicted molar refractivity (Wildman–Crippen MR) is 101 cm³/mol. The summed E-state index contributed by atoms with van der Waals surface area (Å²) in [5.74, 6) is -0.602. The molecule has 0 saturated carbocycles. The molecule has 0 unspecified atom stereocenters. The van der Waals surface area contributed by atoms with Crippen molar-refractivity contribution in [1.82, 2.24) is 0 Å². The highest BCUT2D eigenvalue weighted by atomic mass is 16.6. The lowest BCUT2D eigenvalue weighted by Gasteiger charge is -2.25. The molecule has 4 heteroatoms. The van der Waals surface area contributed by atoms with Crippen LogP contribution in [-0.4, -0.2) is 11.9 Å². The van der Waals surface area contributed by atoms with Crippen LogP contribution in [0.5, 0.6) is 0 Å². The minimum Gasteiger partial charge on any atom is -0.455 e. The average Bonchev–Trinajstić information content (AvgIpc) is 2.53. The summed E-state index contributed by atoms with van der Waals surface area (Å²) < 4.78 is 10.7. The van der Waals surface area contributed by atoms with Gasteiger partial charge in [0.25, 0.3) is 0 Å². The molecule has 0 saturated heterocycles. The van der Waals surface area contributed by atoms with Gasteiger partial charge in [-0.3, -0.25) is 9.59 Å². The third-order valence-electron chi connectivity index (χ3n) is 4.29. The summed E-state index contributed by atoms with van der Waals surface area (Å²) in [6, 6.07) is 15.9. The summed E-state index contributed by atoms with van der Waals surface area (Å²) in [6.07, 6.45) is 0. The van der Waals surface area contributed by atoms with Gasteiger partial charge in [-0.25, -0.2) is 0 Å². The van der Waals surface area contributed by atoms with E-state index in [1.165, 1.54) is 13.8 Å². The highest BCUT2D eigenvalue weighted by Crippen LogP contribution is 2.30. The molecule has 0 bridgehead atoms. The van der Waals surface area contributed by atoms with E-state index in [-0.39, 0.29) is 11.9 Å². The molecule has 0 N–H and O–H groups in total. The van der Waals surface area contributed by atoms with Gasteiger partial charge in [-0.15, -0.1) is 0 Å². The molecule has 2 aromatic carbocycles. The quantitative estimate of drug-likeness (QED) is 0.713. The first kappa shape index (κ1) is 19.7. The summed E-state index contributed by atoms with van der Waals surface area (Å²) in [4.78, 5) is 22.5. The van der Waals surface area contributed by atoms with Crippen LogP contribution in [0.2, 0.25) is 0 Å². The molecule has 138 valence electrons. The zero-order chi connectivity index (χ0) is 19.5. The maximum absolute atomic E-state index is 11.2. The number of ether oxygens (including phenoxy) is 2. The van der Waals surface area contributed by atoms with Crippen LogP contribution in [0, 0.1) is 0 Å². The van der Waals surface area contributed by atoms with Crippen LogP contribution in [0.1, 0.15) is 52.7 Å². The Balaban J connectivity index is 2.22. The Morgan fingerprint density at radius 3 is 1.12 bits per heavy atom. The molecule has 0 aliphatic rings. The molecule has 0 aliphatic heterocycles. The van der Waals surface area contributed by atoms with E-state index in [1.54, 1.807) is 0 Å². The Kier molecular flexibility index (Phi) is 5.55. The largest absolute Gasteiger partial charge is 0.455 e. The van der Waals surface area contributed by atoms with E-state index in [4.69, 9.17) is 9.47 Å². The van der Waals surface area contributed by atoms with Gasteiger partial charge in [0.1, 0.15) is 11.2 Å². The number of benzene rings is 2. The Labute approximate surface area is 155 Å². The lowest BCUT2D eigenvalue weighted by atomic mass is 9.93. The molecule has 2 rings (SSSR count). The van der Waals surface area contributed by atoms with Crippen molar-refractivity contribution in [1.29, 1.82) is 0 Å². The first-order valence-electron chi connectivity index (χ1n) is 8.62. The zero-order valence-electron chi connectivity index (χ0n) is 16.3. The summed E-state index contributed by atoms with van der Waals surface area (Å²) in [6.45, 7) is 10.3. The van der Waals surface area contributed by atoms with Crippen LogP contribution in [0.4, 0.5) is 0 Å². The van der Waals surface area contributed by atoms with Gasteiger partial charge >= 0.3 is 11.9 Å². The fourth-order valence-corrected chi connectivity index (χ4v) is 2.96. The molecule has 0 radical (unpaired) electrons. The van der Waals surface area contributed by atoms with E-state index in [0.29, 0.717) is 0 Å². The molecule has 0 fully saturated rings. The van der Waals surface area contributed by atoms with E-state index in [2.05, 4.69) is 0 Å². The molecule has 2 aromatic rings. The Morgan fingerprint density at radius 1 is 0.615 bits per heavy atom. The topological polar surface area (TPSA) is 52.6 Å². The maximum atomic E-state index is 11.2. The van der Waals surface area contributed by atoms with E-state index in [0.717, 1.165) is 22.3 Å².